The minimum Gasteiger partial charge on any atom is -0.495 e. The van der Waals surface area contributed by atoms with E-state index in [2.05, 4.69) is 39.1 Å². The van der Waals surface area contributed by atoms with Crippen molar-refractivity contribution >= 4 is 16.6 Å². The molecule has 2 heterocycles. The van der Waals surface area contributed by atoms with Crippen molar-refractivity contribution in [2.45, 2.75) is 12.8 Å². The first-order chi connectivity index (χ1) is 14.7. The quantitative estimate of drug-likeness (QED) is 0.684. The lowest BCUT2D eigenvalue weighted by Crippen LogP contribution is -2.46. The van der Waals surface area contributed by atoms with Crippen LogP contribution in [0.4, 0.5) is 5.69 Å². The molecule has 0 saturated carbocycles. The number of rotatable bonds is 6. The summed E-state index contributed by atoms with van der Waals surface area (Å²) in [5, 5.41) is 19.3. The minimum atomic E-state index is 0.571. The number of hydrogen-bond donors (Lipinski definition) is 1. The van der Waals surface area contributed by atoms with E-state index in [0.29, 0.717) is 16.9 Å². The number of nitriles is 2. The van der Waals surface area contributed by atoms with E-state index in [0.717, 1.165) is 62.2 Å². The van der Waals surface area contributed by atoms with Crippen molar-refractivity contribution in [3.8, 4) is 17.9 Å². The third-order valence-corrected chi connectivity index (χ3v) is 5.85. The summed E-state index contributed by atoms with van der Waals surface area (Å²) in [6, 6.07) is 16.5. The summed E-state index contributed by atoms with van der Waals surface area (Å²) in [7, 11) is 1.61. The smallest absolute Gasteiger partial charge is 0.138 e. The second-order valence-corrected chi connectivity index (χ2v) is 7.62. The fraction of sp³-hybridized carbons (Fsp3) is 0.333. The molecule has 0 spiro atoms. The van der Waals surface area contributed by atoms with Gasteiger partial charge >= 0.3 is 0 Å². The van der Waals surface area contributed by atoms with Crippen LogP contribution in [0.5, 0.6) is 5.75 Å². The molecule has 30 heavy (non-hydrogen) atoms. The van der Waals surface area contributed by atoms with Gasteiger partial charge in [-0.3, -0.25) is 4.90 Å². The molecule has 152 valence electrons. The summed E-state index contributed by atoms with van der Waals surface area (Å²) < 4.78 is 5.34. The molecular formula is C24H25N5O. The Bertz CT molecular complexity index is 1110. The van der Waals surface area contributed by atoms with Gasteiger partial charge in [-0.15, -0.1) is 0 Å². The Morgan fingerprint density at radius 3 is 2.53 bits per heavy atom. The number of ether oxygens (including phenoxy) is 1. The highest BCUT2D eigenvalue weighted by molar-refractivity contribution is 5.86. The van der Waals surface area contributed by atoms with Gasteiger partial charge in [-0.25, -0.2) is 0 Å². The molecule has 0 unspecified atom stereocenters. The number of aromatic amines is 1. The maximum Gasteiger partial charge on any atom is 0.138 e. The van der Waals surface area contributed by atoms with Crippen molar-refractivity contribution in [1.82, 2.24) is 9.88 Å². The van der Waals surface area contributed by atoms with Crippen LogP contribution in [-0.4, -0.2) is 49.7 Å². The molecular weight excluding hydrogens is 374 g/mol. The Morgan fingerprint density at radius 2 is 1.80 bits per heavy atom. The molecule has 4 rings (SSSR count). The van der Waals surface area contributed by atoms with Gasteiger partial charge in [0.2, 0.25) is 0 Å². The normalized spacial score (nSPS) is 14.4. The SMILES string of the molecule is COc1cc(N2CCN(CCCc3ccc4c(C#N)c[nH]c4c3)CC2)ccc1C#N. The first kappa shape index (κ1) is 19.8. The molecule has 2 aromatic carbocycles. The van der Waals surface area contributed by atoms with Crippen molar-refractivity contribution in [3.05, 3.63) is 59.3 Å². The molecule has 6 heteroatoms. The zero-order valence-electron chi connectivity index (χ0n) is 17.2. The lowest BCUT2D eigenvalue weighted by Gasteiger charge is -2.36. The Labute approximate surface area is 176 Å². The zero-order valence-corrected chi connectivity index (χ0v) is 17.2. The summed E-state index contributed by atoms with van der Waals surface area (Å²) in [4.78, 5) is 8.06. The molecule has 1 aromatic heterocycles. The number of benzene rings is 2. The number of methoxy groups -OCH3 is 1. The first-order valence-corrected chi connectivity index (χ1v) is 10.3. The van der Waals surface area contributed by atoms with Crippen molar-refractivity contribution in [2.24, 2.45) is 0 Å². The largest absolute Gasteiger partial charge is 0.495 e. The lowest BCUT2D eigenvalue weighted by molar-refractivity contribution is 0.255. The third-order valence-electron chi connectivity index (χ3n) is 5.85. The number of nitrogens with one attached hydrogen (secondary N) is 1. The standard InChI is InChI=1S/C24H25N5O/c1-30-24-14-21(6-5-19(24)15-25)29-11-9-28(10-12-29)8-2-3-18-4-7-22-20(16-26)17-27-23(22)13-18/h4-7,13-14,17,27H,2-3,8-12H2,1H3. The topological polar surface area (TPSA) is 79.1 Å². The Morgan fingerprint density at radius 1 is 1.00 bits per heavy atom. The highest BCUT2D eigenvalue weighted by atomic mass is 16.5. The molecule has 0 bridgehead atoms. The second kappa shape index (κ2) is 8.90. The van der Waals surface area contributed by atoms with Crippen molar-refractivity contribution in [2.75, 3.05) is 44.7 Å². The Hall–Kier alpha value is -3.48. The van der Waals surface area contributed by atoms with Gasteiger partial charge in [0.25, 0.3) is 0 Å². The number of nitrogens with zero attached hydrogens (tertiary/aromatic N) is 4. The van der Waals surface area contributed by atoms with Gasteiger partial charge < -0.3 is 14.6 Å². The van der Waals surface area contributed by atoms with Crippen LogP contribution in [0.25, 0.3) is 10.9 Å². The van der Waals surface area contributed by atoms with Crippen LogP contribution in [0, 0.1) is 22.7 Å². The van der Waals surface area contributed by atoms with Crippen LogP contribution in [0.3, 0.4) is 0 Å². The van der Waals surface area contributed by atoms with Gasteiger partial charge in [-0.05, 0) is 43.1 Å². The monoisotopic (exact) mass is 399 g/mol. The second-order valence-electron chi connectivity index (χ2n) is 7.62. The average molecular weight is 399 g/mol. The Kier molecular flexibility index (Phi) is 5.88. The fourth-order valence-electron chi connectivity index (χ4n) is 4.13. The molecule has 3 aromatic rings. The van der Waals surface area contributed by atoms with Crippen molar-refractivity contribution < 1.29 is 4.74 Å². The molecule has 1 saturated heterocycles. The predicted molar refractivity (Wildman–Crippen MR) is 118 cm³/mol. The molecule has 1 fully saturated rings. The number of hydrogen-bond acceptors (Lipinski definition) is 5. The molecule has 0 aliphatic carbocycles. The molecule has 1 aliphatic rings. The number of fused-ring (bicyclic) bond motifs is 1. The van der Waals surface area contributed by atoms with Crippen LogP contribution in [0.15, 0.2) is 42.6 Å². The molecule has 1 N–H and O–H groups in total. The summed E-state index contributed by atoms with van der Waals surface area (Å²) in [5.74, 6) is 0.637. The Balaban J connectivity index is 1.27. The van der Waals surface area contributed by atoms with Gasteiger partial charge in [0, 0.05) is 55.0 Å². The van der Waals surface area contributed by atoms with E-state index < -0.39 is 0 Å². The molecule has 1 aliphatic heterocycles. The summed E-state index contributed by atoms with van der Waals surface area (Å²) in [6.45, 7) is 5.09. The van der Waals surface area contributed by atoms with Crippen molar-refractivity contribution in [1.29, 1.82) is 10.5 Å². The fourth-order valence-corrected chi connectivity index (χ4v) is 4.13. The maximum absolute atomic E-state index is 9.15. The summed E-state index contributed by atoms with van der Waals surface area (Å²) >= 11 is 0. The number of piperazine rings is 1. The van der Waals surface area contributed by atoms with E-state index >= 15 is 0 Å². The average Bonchev–Trinajstić information content (AvgIpc) is 3.21. The van der Waals surface area contributed by atoms with Gasteiger partial charge in [0.15, 0.2) is 0 Å². The first-order valence-electron chi connectivity index (χ1n) is 10.3. The van der Waals surface area contributed by atoms with Crippen LogP contribution in [0.1, 0.15) is 23.1 Å². The molecule has 6 nitrogen and oxygen atoms in total. The van der Waals surface area contributed by atoms with E-state index in [9.17, 15) is 0 Å². The van der Waals surface area contributed by atoms with Gasteiger partial charge in [-0.1, -0.05) is 12.1 Å². The van der Waals surface area contributed by atoms with Crippen LogP contribution in [0.2, 0.25) is 0 Å². The van der Waals surface area contributed by atoms with Crippen LogP contribution in [-0.2, 0) is 6.42 Å². The number of H-pyrrole nitrogens is 1. The predicted octanol–water partition coefficient (Wildman–Crippen LogP) is 3.67. The van der Waals surface area contributed by atoms with E-state index in [1.807, 2.05) is 24.3 Å². The minimum absolute atomic E-state index is 0.571. The lowest BCUT2D eigenvalue weighted by atomic mass is 10.1. The third kappa shape index (κ3) is 4.10. The highest BCUT2D eigenvalue weighted by Crippen LogP contribution is 2.26. The molecule has 0 amide bonds. The van der Waals surface area contributed by atoms with E-state index in [1.54, 1.807) is 13.3 Å². The van der Waals surface area contributed by atoms with E-state index in [1.165, 1.54) is 5.56 Å². The molecule has 0 radical (unpaired) electrons. The van der Waals surface area contributed by atoms with Gasteiger partial charge in [0.1, 0.15) is 17.9 Å². The van der Waals surface area contributed by atoms with Gasteiger partial charge in [0.05, 0.1) is 18.2 Å². The van der Waals surface area contributed by atoms with E-state index in [-0.39, 0.29) is 0 Å². The van der Waals surface area contributed by atoms with Crippen LogP contribution < -0.4 is 9.64 Å². The number of aromatic nitrogens is 1. The van der Waals surface area contributed by atoms with Gasteiger partial charge in [-0.2, -0.15) is 10.5 Å². The number of anilines is 1. The summed E-state index contributed by atoms with van der Waals surface area (Å²) in [6.07, 6.45) is 3.92. The number of aryl methyl sites for hydroxylation is 1. The van der Waals surface area contributed by atoms with E-state index in [4.69, 9.17) is 15.3 Å². The van der Waals surface area contributed by atoms with Crippen LogP contribution >= 0.6 is 0 Å². The van der Waals surface area contributed by atoms with Crippen molar-refractivity contribution in [3.63, 3.8) is 0 Å². The highest BCUT2D eigenvalue weighted by Gasteiger charge is 2.18. The maximum atomic E-state index is 9.15. The summed E-state index contributed by atoms with van der Waals surface area (Å²) in [5.41, 5.74) is 4.73. The molecule has 0 atom stereocenters. The zero-order chi connectivity index (χ0) is 20.9.